The van der Waals surface area contributed by atoms with E-state index < -0.39 is 0 Å². The van der Waals surface area contributed by atoms with Gasteiger partial charge in [0.2, 0.25) is 0 Å². The van der Waals surface area contributed by atoms with Crippen LogP contribution in [0.2, 0.25) is 0 Å². The molecule has 0 amide bonds. The van der Waals surface area contributed by atoms with E-state index in [9.17, 15) is 0 Å². The van der Waals surface area contributed by atoms with Crippen molar-refractivity contribution in [3.8, 4) is 6.07 Å². The minimum atomic E-state index is 0.325. The first-order valence-corrected chi connectivity index (χ1v) is 5.55. The molecule has 16 heavy (non-hydrogen) atoms. The Balaban J connectivity index is 2.09. The summed E-state index contributed by atoms with van der Waals surface area (Å²) in [6.45, 7) is 0. The van der Waals surface area contributed by atoms with Gasteiger partial charge in [0.05, 0.1) is 5.56 Å². The van der Waals surface area contributed by atoms with Crippen LogP contribution in [0.5, 0.6) is 0 Å². The first-order chi connectivity index (χ1) is 7.70. The largest absolute Gasteiger partial charge is 0.357 e. The van der Waals surface area contributed by atoms with Crippen LogP contribution in [0.25, 0.3) is 0 Å². The molecule has 2 unspecified atom stereocenters. The number of aromatic nitrogens is 1. The van der Waals surface area contributed by atoms with E-state index in [1.54, 1.807) is 12.3 Å². The molecule has 0 spiro atoms. The average Bonchev–Trinajstić information content (AvgIpc) is 2.75. The second-order valence-electron chi connectivity index (χ2n) is 4.35. The van der Waals surface area contributed by atoms with E-state index in [0.29, 0.717) is 17.6 Å². The summed E-state index contributed by atoms with van der Waals surface area (Å²) in [4.78, 5) is 6.44. The second-order valence-corrected chi connectivity index (χ2v) is 4.35. The van der Waals surface area contributed by atoms with Crippen molar-refractivity contribution in [2.45, 2.75) is 31.3 Å². The summed E-state index contributed by atoms with van der Waals surface area (Å²) >= 11 is 0. The van der Waals surface area contributed by atoms with Gasteiger partial charge in [-0.25, -0.2) is 4.98 Å². The Hall–Kier alpha value is -1.60. The van der Waals surface area contributed by atoms with Crippen molar-refractivity contribution in [1.82, 2.24) is 4.98 Å². The fourth-order valence-corrected chi connectivity index (χ4v) is 2.19. The molecule has 0 saturated heterocycles. The molecule has 1 fully saturated rings. The highest BCUT2D eigenvalue weighted by Crippen LogP contribution is 2.25. The quantitative estimate of drug-likeness (QED) is 0.808. The number of rotatable bonds is 2. The molecule has 2 atom stereocenters. The molecule has 0 aromatic carbocycles. The third-order valence-corrected chi connectivity index (χ3v) is 3.23. The molecular weight excluding hydrogens is 200 g/mol. The smallest absolute Gasteiger partial charge is 0.128 e. The molecule has 0 bridgehead atoms. The number of pyridine rings is 1. The van der Waals surface area contributed by atoms with E-state index >= 15 is 0 Å². The van der Waals surface area contributed by atoms with Crippen LogP contribution in [0.3, 0.4) is 0 Å². The lowest BCUT2D eigenvalue weighted by atomic mass is 10.2. The van der Waals surface area contributed by atoms with Crippen LogP contribution in [0.15, 0.2) is 18.3 Å². The highest BCUT2D eigenvalue weighted by Gasteiger charge is 2.25. The Kier molecular flexibility index (Phi) is 3.07. The van der Waals surface area contributed by atoms with E-state index in [1.165, 1.54) is 0 Å². The molecule has 2 rings (SSSR count). The lowest BCUT2D eigenvalue weighted by Gasteiger charge is -2.25. The van der Waals surface area contributed by atoms with E-state index in [1.807, 2.05) is 13.1 Å². The maximum absolute atomic E-state index is 8.69. The molecule has 1 heterocycles. The van der Waals surface area contributed by atoms with Crippen molar-refractivity contribution in [1.29, 1.82) is 5.26 Å². The van der Waals surface area contributed by atoms with Crippen molar-refractivity contribution in [3.63, 3.8) is 0 Å². The van der Waals surface area contributed by atoms with Crippen LogP contribution in [0.1, 0.15) is 24.8 Å². The van der Waals surface area contributed by atoms with E-state index in [0.717, 1.165) is 25.1 Å². The van der Waals surface area contributed by atoms with E-state index in [4.69, 9.17) is 11.0 Å². The van der Waals surface area contributed by atoms with Gasteiger partial charge in [-0.15, -0.1) is 0 Å². The van der Waals surface area contributed by atoms with Gasteiger partial charge < -0.3 is 10.6 Å². The molecule has 0 radical (unpaired) electrons. The van der Waals surface area contributed by atoms with Crippen molar-refractivity contribution >= 4 is 5.82 Å². The van der Waals surface area contributed by atoms with Crippen LogP contribution in [0.4, 0.5) is 5.82 Å². The van der Waals surface area contributed by atoms with Crippen LogP contribution in [-0.2, 0) is 0 Å². The Bertz CT molecular complexity index is 392. The lowest BCUT2D eigenvalue weighted by Crippen LogP contribution is -2.31. The van der Waals surface area contributed by atoms with Crippen LogP contribution in [0, 0.1) is 11.3 Å². The standard InChI is InChI=1S/C12H16N4/c1-16(11-4-3-10(14)6-11)12-5-2-9(7-13)8-15-12/h2,5,8,10-11H,3-4,6,14H2,1H3. The summed E-state index contributed by atoms with van der Waals surface area (Å²) in [6, 6.07) is 6.57. The Morgan fingerprint density at radius 2 is 2.31 bits per heavy atom. The number of nitriles is 1. The third-order valence-electron chi connectivity index (χ3n) is 3.23. The van der Waals surface area contributed by atoms with Crippen LogP contribution in [-0.4, -0.2) is 24.1 Å². The molecule has 4 heteroatoms. The van der Waals surface area contributed by atoms with Gasteiger partial charge in [-0.1, -0.05) is 0 Å². The summed E-state index contributed by atoms with van der Waals surface area (Å²) < 4.78 is 0. The zero-order valence-electron chi connectivity index (χ0n) is 9.43. The maximum Gasteiger partial charge on any atom is 0.128 e. The topological polar surface area (TPSA) is 65.9 Å². The van der Waals surface area contributed by atoms with Crippen LogP contribution < -0.4 is 10.6 Å². The molecule has 0 aliphatic heterocycles. The molecule has 2 N–H and O–H groups in total. The van der Waals surface area contributed by atoms with Crippen molar-refractivity contribution in [2.24, 2.45) is 5.73 Å². The molecule has 1 saturated carbocycles. The first kappa shape index (κ1) is 10.9. The first-order valence-electron chi connectivity index (χ1n) is 5.55. The average molecular weight is 216 g/mol. The van der Waals surface area contributed by atoms with Gasteiger partial charge in [-0.3, -0.25) is 0 Å². The number of nitrogens with two attached hydrogens (primary N) is 1. The predicted molar refractivity (Wildman–Crippen MR) is 63.0 cm³/mol. The zero-order valence-corrected chi connectivity index (χ0v) is 9.43. The Labute approximate surface area is 95.7 Å². The SMILES string of the molecule is CN(c1ccc(C#N)cn1)C1CCC(N)C1. The summed E-state index contributed by atoms with van der Waals surface area (Å²) in [5, 5.41) is 8.69. The van der Waals surface area contributed by atoms with Gasteiger partial charge in [-0.05, 0) is 31.4 Å². The predicted octanol–water partition coefficient (Wildman–Crippen LogP) is 1.27. The maximum atomic E-state index is 8.69. The number of nitrogens with zero attached hydrogens (tertiary/aromatic N) is 3. The zero-order chi connectivity index (χ0) is 11.5. The second kappa shape index (κ2) is 4.50. The number of anilines is 1. The highest BCUT2D eigenvalue weighted by atomic mass is 15.2. The van der Waals surface area contributed by atoms with Crippen molar-refractivity contribution in [2.75, 3.05) is 11.9 Å². The molecule has 1 aliphatic rings. The van der Waals surface area contributed by atoms with Gasteiger partial charge in [0.1, 0.15) is 11.9 Å². The fraction of sp³-hybridized carbons (Fsp3) is 0.500. The molecule has 1 aliphatic carbocycles. The van der Waals surface area contributed by atoms with Gasteiger partial charge >= 0.3 is 0 Å². The summed E-state index contributed by atoms with van der Waals surface area (Å²) in [5.74, 6) is 0.915. The van der Waals surface area contributed by atoms with Gasteiger partial charge in [0.15, 0.2) is 0 Å². The highest BCUT2D eigenvalue weighted by molar-refractivity contribution is 5.42. The molecule has 4 nitrogen and oxygen atoms in total. The Morgan fingerprint density at radius 3 is 2.81 bits per heavy atom. The van der Waals surface area contributed by atoms with E-state index in [-0.39, 0.29) is 0 Å². The molecule has 1 aromatic rings. The molecule has 84 valence electrons. The van der Waals surface area contributed by atoms with Crippen LogP contribution >= 0.6 is 0 Å². The Morgan fingerprint density at radius 1 is 1.50 bits per heavy atom. The summed E-state index contributed by atoms with van der Waals surface area (Å²) in [6.07, 6.45) is 4.85. The van der Waals surface area contributed by atoms with Crippen molar-refractivity contribution < 1.29 is 0 Å². The normalized spacial score (nSPS) is 24.1. The van der Waals surface area contributed by atoms with E-state index in [2.05, 4.69) is 16.0 Å². The number of hydrogen-bond donors (Lipinski definition) is 1. The fourth-order valence-electron chi connectivity index (χ4n) is 2.19. The van der Waals surface area contributed by atoms with Gasteiger partial charge in [-0.2, -0.15) is 5.26 Å². The minimum Gasteiger partial charge on any atom is -0.357 e. The number of hydrogen-bond acceptors (Lipinski definition) is 4. The van der Waals surface area contributed by atoms with Gasteiger partial charge in [0, 0.05) is 25.3 Å². The monoisotopic (exact) mass is 216 g/mol. The summed E-state index contributed by atoms with van der Waals surface area (Å²) in [7, 11) is 2.04. The third kappa shape index (κ3) is 2.15. The molecule has 1 aromatic heterocycles. The van der Waals surface area contributed by atoms with Crippen molar-refractivity contribution in [3.05, 3.63) is 23.9 Å². The molecular formula is C12H16N4. The lowest BCUT2D eigenvalue weighted by molar-refractivity contribution is 0.627. The summed E-state index contributed by atoms with van der Waals surface area (Å²) in [5.41, 5.74) is 6.49. The minimum absolute atomic E-state index is 0.325. The van der Waals surface area contributed by atoms with Gasteiger partial charge in [0.25, 0.3) is 0 Å².